The molecular formula is C20H20BrN3O2. The number of nitrogens with one attached hydrogen (secondary N) is 3. The summed E-state index contributed by atoms with van der Waals surface area (Å²) in [6, 6.07) is 12.5. The highest BCUT2D eigenvalue weighted by Gasteiger charge is 2.38. The molecule has 3 rings (SSSR count). The number of carbonyl (C=O) groups excluding carboxylic acids is 2. The van der Waals surface area contributed by atoms with Crippen LogP contribution in [0.4, 0.5) is 10.5 Å². The summed E-state index contributed by atoms with van der Waals surface area (Å²) < 4.78 is 0.930. The topological polar surface area (TPSA) is 70.2 Å². The van der Waals surface area contributed by atoms with Gasteiger partial charge < -0.3 is 16.0 Å². The van der Waals surface area contributed by atoms with Gasteiger partial charge in [0.05, 0.1) is 6.04 Å². The number of carbonyl (C=O) groups is 2. The number of aryl methyl sites for hydroxylation is 2. The Morgan fingerprint density at radius 2 is 1.85 bits per heavy atom. The third kappa shape index (κ3) is 3.80. The number of amides is 3. The molecule has 0 saturated carbocycles. The van der Waals surface area contributed by atoms with Crippen LogP contribution in [0.5, 0.6) is 0 Å². The summed E-state index contributed by atoms with van der Waals surface area (Å²) in [5.74, 6) is -0.854. The molecule has 1 aliphatic rings. The average Bonchev–Trinajstić information content (AvgIpc) is 2.56. The number of hydrogen-bond acceptors (Lipinski definition) is 2. The number of hydrogen-bond donors (Lipinski definition) is 3. The summed E-state index contributed by atoms with van der Waals surface area (Å²) in [5.41, 5.74) is 4.12. The number of rotatable bonds is 3. The normalized spacial score (nSPS) is 19.5. The van der Waals surface area contributed by atoms with Gasteiger partial charge in [0.25, 0.3) is 0 Å². The molecule has 0 aromatic heterocycles. The second-order valence-corrected chi connectivity index (χ2v) is 7.35. The van der Waals surface area contributed by atoms with Gasteiger partial charge >= 0.3 is 6.03 Å². The third-order valence-electron chi connectivity index (χ3n) is 4.42. The van der Waals surface area contributed by atoms with Crippen LogP contribution < -0.4 is 16.0 Å². The summed E-state index contributed by atoms with van der Waals surface area (Å²) in [5, 5.41) is 8.40. The van der Waals surface area contributed by atoms with Crippen molar-refractivity contribution in [1.29, 1.82) is 0 Å². The minimum atomic E-state index is -0.627. The quantitative estimate of drug-likeness (QED) is 0.705. The Labute approximate surface area is 161 Å². The smallest absolute Gasteiger partial charge is 0.319 e. The fourth-order valence-corrected chi connectivity index (χ4v) is 3.44. The highest BCUT2D eigenvalue weighted by atomic mass is 79.9. The van der Waals surface area contributed by atoms with Crippen molar-refractivity contribution in [2.24, 2.45) is 5.92 Å². The van der Waals surface area contributed by atoms with E-state index in [1.165, 1.54) is 0 Å². The lowest BCUT2D eigenvalue weighted by molar-refractivity contribution is -0.119. The minimum Gasteiger partial charge on any atom is -0.330 e. The van der Waals surface area contributed by atoms with Gasteiger partial charge in [-0.2, -0.15) is 0 Å². The van der Waals surface area contributed by atoms with Crippen molar-refractivity contribution in [3.8, 4) is 0 Å². The van der Waals surface area contributed by atoms with Crippen molar-refractivity contribution in [2.45, 2.75) is 19.9 Å². The zero-order valence-corrected chi connectivity index (χ0v) is 16.2. The summed E-state index contributed by atoms with van der Waals surface area (Å²) in [4.78, 5) is 24.9. The summed E-state index contributed by atoms with van der Waals surface area (Å²) >= 11 is 3.37. The molecular weight excluding hydrogens is 394 g/mol. The minimum absolute atomic E-state index is 0.227. The van der Waals surface area contributed by atoms with E-state index in [0.29, 0.717) is 11.4 Å². The van der Waals surface area contributed by atoms with Gasteiger partial charge in [0.2, 0.25) is 5.91 Å². The average molecular weight is 414 g/mol. The second-order valence-electron chi connectivity index (χ2n) is 6.44. The number of urea groups is 1. The van der Waals surface area contributed by atoms with Crippen LogP contribution in [0.2, 0.25) is 0 Å². The summed E-state index contributed by atoms with van der Waals surface area (Å²) in [6.45, 7) is 7.89. The van der Waals surface area contributed by atoms with E-state index >= 15 is 0 Å². The first kappa shape index (κ1) is 18.2. The van der Waals surface area contributed by atoms with E-state index in [2.05, 4.69) is 38.5 Å². The molecule has 2 aromatic carbocycles. The Balaban J connectivity index is 1.92. The molecule has 3 N–H and O–H groups in total. The molecule has 2 aromatic rings. The molecule has 134 valence electrons. The van der Waals surface area contributed by atoms with Crippen molar-refractivity contribution in [3.63, 3.8) is 0 Å². The monoisotopic (exact) mass is 413 g/mol. The molecule has 1 saturated heterocycles. The lowest BCUT2D eigenvalue weighted by atomic mass is 9.85. The van der Waals surface area contributed by atoms with Crippen molar-refractivity contribution < 1.29 is 9.59 Å². The van der Waals surface area contributed by atoms with E-state index < -0.39 is 12.0 Å². The van der Waals surface area contributed by atoms with Gasteiger partial charge in [0.15, 0.2) is 0 Å². The van der Waals surface area contributed by atoms with Crippen LogP contribution in [0.3, 0.4) is 0 Å². The van der Waals surface area contributed by atoms with Crippen LogP contribution in [0.15, 0.2) is 59.2 Å². The molecule has 0 radical (unpaired) electrons. The van der Waals surface area contributed by atoms with Gasteiger partial charge in [-0.25, -0.2) is 4.79 Å². The van der Waals surface area contributed by atoms with Crippen LogP contribution in [-0.4, -0.2) is 11.9 Å². The van der Waals surface area contributed by atoms with E-state index in [1.807, 2.05) is 56.3 Å². The zero-order valence-electron chi connectivity index (χ0n) is 14.6. The van der Waals surface area contributed by atoms with Crippen LogP contribution in [-0.2, 0) is 4.79 Å². The van der Waals surface area contributed by atoms with Crippen LogP contribution in [0, 0.1) is 19.8 Å². The Hall–Kier alpha value is -2.60. The zero-order chi connectivity index (χ0) is 18.8. The van der Waals surface area contributed by atoms with Crippen LogP contribution in [0.25, 0.3) is 0 Å². The molecule has 26 heavy (non-hydrogen) atoms. The maximum absolute atomic E-state index is 13.0. The largest absolute Gasteiger partial charge is 0.330 e. The fourth-order valence-electron chi connectivity index (χ4n) is 3.18. The molecule has 1 heterocycles. The van der Waals surface area contributed by atoms with E-state index in [4.69, 9.17) is 0 Å². The van der Waals surface area contributed by atoms with Gasteiger partial charge in [-0.1, -0.05) is 46.3 Å². The predicted octanol–water partition coefficient (Wildman–Crippen LogP) is 4.19. The number of halogens is 1. The van der Waals surface area contributed by atoms with Gasteiger partial charge in [-0.05, 0) is 49.2 Å². The summed E-state index contributed by atoms with van der Waals surface area (Å²) in [7, 11) is 0. The maximum atomic E-state index is 13.0. The molecule has 3 amide bonds. The molecule has 0 aliphatic carbocycles. The lowest BCUT2D eigenvalue weighted by Crippen LogP contribution is -2.52. The van der Waals surface area contributed by atoms with Crippen molar-refractivity contribution in [2.75, 3.05) is 5.32 Å². The van der Waals surface area contributed by atoms with Crippen molar-refractivity contribution >= 4 is 33.6 Å². The van der Waals surface area contributed by atoms with Gasteiger partial charge in [0.1, 0.15) is 5.92 Å². The van der Waals surface area contributed by atoms with E-state index in [1.54, 1.807) is 0 Å². The molecule has 5 nitrogen and oxygen atoms in total. The molecule has 0 spiro atoms. The molecule has 6 heteroatoms. The Kier molecular flexibility index (Phi) is 5.13. The SMILES string of the molecule is C=C1NC(=O)N[C@@H](c2ccc(C)cc2C)[C@@H]1C(=O)Nc1ccc(Br)cc1. The molecule has 1 aliphatic heterocycles. The first-order valence-corrected chi connectivity index (χ1v) is 9.04. The van der Waals surface area contributed by atoms with Gasteiger partial charge in [-0.15, -0.1) is 0 Å². The van der Waals surface area contributed by atoms with Crippen LogP contribution >= 0.6 is 15.9 Å². The third-order valence-corrected chi connectivity index (χ3v) is 4.95. The summed E-state index contributed by atoms with van der Waals surface area (Å²) in [6.07, 6.45) is 0. The van der Waals surface area contributed by atoms with Crippen molar-refractivity contribution in [3.05, 3.63) is 75.9 Å². The second kappa shape index (κ2) is 7.33. The van der Waals surface area contributed by atoms with Crippen molar-refractivity contribution in [1.82, 2.24) is 10.6 Å². The highest BCUT2D eigenvalue weighted by molar-refractivity contribution is 9.10. The molecule has 0 unspecified atom stereocenters. The van der Waals surface area contributed by atoms with Gasteiger partial charge in [-0.3, -0.25) is 4.79 Å². The van der Waals surface area contributed by atoms with Crippen LogP contribution in [0.1, 0.15) is 22.7 Å². The van der Waals surface area contributed by atoms with E-state index in [0.717, 1.165) is 21.2 Å². The molecule has 0 bridgehead atoms. The number of anilines is 1. The Bertz CT molecular complexity index is 877. The first-order chi connectivity index (χ1) is 12.3. The Morgan fingerprint density at radius 3 is 2.50 bits per heavy atom. The number of benzene rings is 2. The van der Waals surface area contributed by atoms with E-state index in [-0.39, 0.29) is 11.9 Å². The first-order valence-electron chi connectivity index (χ1n) is 8.25. The molecule has 2 atom stereocenters. The Morgan fingerprint density at radius 1 is 1.15 bits per heavy atom. The standard InChI is InChI=1S/C20H20BrN3O2/c1-11-4-9-16(12(2)10-11)18-17(13(3)22-20(26)24-18)19(25)23-15-7-5-14(21)6-8-15/h4-10,17-18H,3H2,1-2H3,(H,23,25)(H2,22,24,26)/t17-,18+/m1/s1. The fraction of sp³-hybridized carbons (Fsp3) is 0.200. The molecule has 1 fully saturated rings. The van der Waals surface area contributed by atoms with E-state index in [9.17, 15) is 9.59 Å². The lowest BCUT2D eigenvalue weighted by Gasteiger charge is -2.34. The highest BCUT2D eigenvalue weighted by Crippen LogP contribution is 2.32. The van der Waals surface area contributed by atoms with Gasteiger partial charge in [0, 0.05) is 15.9 Å². The maximum Gasteiger partial charge on any atom is 0.319 e. The predicted molar refractivity (Wildman–Crippen MR) is 106 cm³/mol.